The van der Waals surface area contributed by atoms with Crippen molar-refractivity contribution >= 4 is 23.7 Å². The zero-order valence-electron chi connectivity index (χ0n) is 8.98. The van der Waals surface area contributed by atoms with Crippen LogP contribution in [0.1, 0.15) is 5.76 Å². The molecule has 0 aliphatic rings. The van der Waals surface area contributed by atoms with Gasteiger partial charge in [-0.3, -0.25) is 5.32 Å². The van der Waals surface area contributed by atoms with Crippen LogP contribution < -0.4 is 16.4 Å². The van der Waals surface area contributed by atoms with Crippen molar-refractivity contribution in [2.45, 2.75) is 6.92 Å². The lowest BCUT2D eigenvalue weighted by atomic mass is 10.5. The number of nitrogens with zero attached hydrogens (tertiary/aromatic N) is 3. The molecule has 84 valence electrons. The van der Waals surface area contributed by atoms with Gasteiger partial charge in [0, 0.05) is 13.1 Å². The number of aryl methyl sites for hydroxylation is 1. The molecule has 0 saturated heterocycles. The van der Waals surface area contributed by atoms with Crippen molar-refractivity contribution in [1.29, 1.82) is 0 Å². The Morgan fingerprint density at radius 3 is 2.56 bits per heavy atom. The first-order chi connectivity index (χ1) is 7.67. The maximum Gasteiger partial charge on any atom is 0.236 e. The molecule has 0 spiro atoms. The lowest BCUT2D eigenvalue weighted by Gasteiger charge is -2.04. The van der Waals surface area contributed by atoms with Gasteiger partial charge < -0.3 is 15.5 Å². The first-order valence-corrected chi connectivity index (χ1v) is 4.70. The Morgan fingerprint density at radius 2 is 1.94 bits per heavy atom. The van der Waals surface area contributed by atoms with Crippen LogP contribution in [-0.2, 0) is 0 Å². The molecule has 0 bridgehead atoms. The molecule has 2 rings (SSSR count). The minimum atomic E-state index is 0.144. The van der Waals surface area contributed by atoms with Gasteiger partial charge in [-0.2, -0.15) is 15.0 Å². The fourth-order valence-electron chi connectivity index (χ4n) is 1.17. The van der Waals surface area contributed by atoms with Crippen molar-refractivity contribution in [1.82, 2.24) is 15.0 Å². The standard InChI is InChI=1S/C9H12N6O/c1-5-3-4-6(16-5)12-9-14-7(10)13-8(11-2)15-9/h3-4H,1-2H3,(H4,10,11,12,13,14,15). The molecule has 0 radical (unpaired) electrons. The van der Waals surface area contributed by atoms with Gasteiger partial charge in [0.05, 0.1) is 0 Å². The third kappa shape index (κ3) is 2.19. The number of furan rings is 1. The summed E-state index contributed by atoms with van der Waals surface area (Å²) in [6.45, 7) is 1.85. The van der Waals surface area contributed by atoms with Crippen LogP contribution in [0.5, 0.6) is 0 Å². The van der Waals surface area contributed by atoms with Gasteiger partial charge in [0.15, 0.2) is 5.88 Å². The third-order valence-electron chi connectivity index (χ3n) is 1.85. The Labute approximate surface area is 92.1 Å². The molecule has 4 N–H and O–H groups in total. The summed E-state index contributed by atoms with van der Waals surface area (Å²) in [6.07, 6.45) is 0. The molecule has 0 unspecified atom stereocenters. The van der Waals surface area contributed by atoms with Crippen LogP contribution in [0.15, 0.2) is 16.5 Å². The van der Waals surface area contributed by atoms with E-state index < -0.39 is 0 Å². The Morgan fingerprint density at radius 1 is 1.19 bits per heavy atom. The van der Waals surface area contributed by atoms with E-state index in [1.807, 2.05) is 13.0 Å². The SMILES string of the molecule is CNc1nc(N)nc(Nc2ccc(C)o2)n1. The predicted octanol–water partition coefficient (Wildman–Crippen LogP) is 1.14. The topological polar surface area (TPSA) is 102 Å². The number of nitrogens with one attached hydrogen (secondary N) is 2. The van der Waals surface area contributed by atoms with Crippen molar-refractivity contribution in [3.8, 4) is 0 Å². The van der Waals surface area contributed by atoms with Crippen LogP contribution in [0, 0.1) is 6.92 Å². The van der Waals surface area contributed by atoms with E-state index in [1.54, 1.807) is 13.1 Å². The number of anilines is 4. The van der Waals surface area contributed by atoms with E-state index in [0.717, 1.165) is 5.76 Å². The maximum atomic E-state index is 5.52. The summed E-state index contributed by atoms with van der Waals surface area (Å²) in [5.74, 6) is 2.25. The molecule has 0 aliphatic carbocycles. The van der Waals surface area contributed by atoms with Crippen molar-refractivity contribution in [2.75, 3.05) is 23.4 Å². The Kier molecular flexibility index (Phi) is 2.59. The van der Waals surface area contributed by atoms with Gasteiger partial charge in [-0.1, -0.05) is 0 Å². The molecule has 2 aromatic rings. The van der Waals surface area contributed by atoms with Gasteiger partial charge in [0.25, 0.3) is 0 Å². The first kappa shape index (κ1) is 10.2. The van der Waals surface area contributed by atoms with E-state index in [1.165, 1.54) is 0 Å². The fraction of sp³-hybridized carbons (Fsp3) is 0.222. The van der Waals surface area contributed by atoms with Gasteiger partial charge in [-0.05, 0) is 13.0 Å². The van der Waals surface area contributed by atoms with Crippen molar-refractivity contribution in [2.24, 2.45) is 0 Å². The normalized spacial score (nSPS) is 10.1. The minimum absolute atomic E-state index is 0.144. The third-order valence-corrected chi connectivity index (χ3v) is 1.85. The number of nitrogens with two attached hydrogens (primary N) is 1. The van der Waals surface area contributed by atoms with Crippen molar-refractivity contribution in [3.05, 3.63) is 17.9 Å². The molecular weight excluding hydrogens is 208 g/mol. The molecule has 2 heterocycles. The lowest BCUT2D eigenvalue weighted by molar-refractivity contribution is 0.550. The molecule has 0 aromatic carbocycles. The number of hydrogen-bond donors (Lipinski definition) is 3. The van der Waals surface area contributed by atoms with E-state index >= 15 is 0 Å². The molecular formula is C9H12N6O. The molecule has 0 saturated carbocycles. The number of hydrogen-bond acceptors (Lipinski definition) is 7. The van der Waals surface area contributed by atoms with Crippen molar-refractivity contribution < 1.29 is 4.42 Å². The van der Waals surface area contributed by atoms with Crippen LogP contribution in [0.4, 0.5) is 23.7 Å². The Bertz CT molecular complexity index is 494. The molecule has 16 heavy (non-hydrogen) atoms. The molecule has 7 heteroatoms. The van der Waals surface area contributed by atoms with Crippen LogP contribution >= 0.6 is 0 Å². The van der Waals surface area contributed by atoms with Crippen LogP contribution in [-0.4, -0.2) is 22.0 Å². The lowest BCUT2D eigenvalue weighted by Crippen LogP contribution is -2.06. The van der Waals surface area contributed by atoms with Crippen LogP contribution in [0.3, 0.4) is 0 Å². The monoisotopic (exact) mass is 220 g/mol. The second-order valence-electron chi connectivity index (χ2n) is 3.13. The largest absolute Gasteiger partial charge is 0.446 e. The second-order valence-corrected chi connectivity index (χ2v) is 3.13. The first-order valence-electron chi connectivity index (χ1n) is 4.70. The number of nitrogen functional groups attached to an aromatic ring is 1. The van der Waals surface area contributed by atoms with E-state index in [0.29, 0.717) is 17.8 Å². The zero-order chi connectivity index (χ0) is 11.5. The zero-order valence-corrected chi connectivity index (χ0v) is 8.98. The predicted molar refractivity (Wildman–Crippen MR) is 60.5 cm³/mol. The highest BCUT2D eigenvalue weighted by Gasteiger charge is 2.05. The highest BCUT2D eigenvalue weighted by Crippen LogP contribution is 2.17. The van der Waals surface area contributed by atoms with Gasteiger partial charge in [0.2, 0.25) is 17.8 Å². The summed E-state index contributed by atoms with van der Waals surface area (Å²) >= 11 is 0. The molecule has 0 fully saturated rings. The number of rotatable bonds is 3. The van der Waals surface area contributed by atoms with Crippen molar-refractivity contribution in [3.63, 3.8) is 0 Å². The average Bonchev–Trinajstić information content (AvgIpc) is 2.63. The van der Waals surface area contributed by atoms with E-state index in [4.69, 9.17) is 10.2 Å². The average molecular weight is 220 g/mol. The van der Waals surface area contributed by atoms with E-state index in [2.05, 4.69) is 25.6 Å². The van der Waals surface area contributed by atoms with Gasteiger partial charge in [-0.15, -0.1) is 0 Å². The van der Waals surface area contributed by atoms with Gasteiger partial charge in [-0.25, -0.2) is 0 Å². The van der Waals surface area contributed by atoms with Gasteiger partial charge in [0.1, 0.15) is 5.76 Å². The second kappa shape index (κ2) is 4.05. The Balaban J connectivity index is 2.24. The highest BCUT2D eigenvalue weighted by atomic mass is 16.4. The summed E-state index contributed by atoms with van der Waals surface area (Å²) in [4.78, 5) is 11.9. The molecule has 7 nitrogen and oxygen atoms in total. The van der Waals surface area contributed by atoms with Crippen LogP contribution in [0.25, 0.3) is 0 Å². The summed E-state index contributed by atoms with van der Waals surface area (Å²) in [5.41, 5.74) is 5.52. The molecule has 2 aromatic heterocycles. The molecule has 0 aliphatic heterocycles. The molecule has 0 amide bonds. The quantitative estimate of drug-likeness (QED) is 0.712. The fourth-order valence-corrected chi connectivity index (χ4v) is 1.17. The number of aromatic nitrogens is 3. The maximum absolute atomic E-state index is 5.52. The van der Waals surface area contributed by atoms with Gasteiger partial charge >= 0.3 is 0 Å². The summed E-state index contributed by atoms with van der Waals surface area (Å²) < 4.78 is 5.33. The summed E-state index contributed by atoms with van der Waals surface area (Å²) in [6, 6.07) is 3.63. The Hall–Kier alpha value is -2.31. The summed E-state index contributed by atoms with van der Waals surface area (Å²) in [7, 11) is 1.70. The smallest absolute Gasteiger partial charge is 0.236 e. The minimum Gasteiger partial charge on any atom is -0.446 e. The summed E-state index contributed by atoms with van der Waals surface area (Å²) in [5, 5.41) is 5.68. The molecule has 0 atom stereocenters. The van der Waals surface area contributed by atoms with E-state index in [9.17, 15) is 0 Å². The highest BCUT2D eigenvalue weighted by molar-refractivity contribution is 5.49. The van der Waals surface area contributed by atoms with E-state index in [-0.39, 0.29) is 5.95 Å². The van der Waals surface area contributed by atoms with Crippen LogP contribution in [0.2, 0.25) is 0 Å².